The highest BCUT2D eigenvalue weighted by Crippen LogP contribution is 2.21. The number of hydrogen-bond donors (Lipinski definition) is 2. The molecule has 2 aromatic rings. The average molecular weight is 289 g/mol. The van der Waals surface area contributed by atoms with Gasteiger partial charge in [0.25, 0.3) is 5.91 Å². The van der Waals surface area contributed by atoms with Gasteiger partial charge < -0.3 is 15.8 Å². The zero-order valence-electron chi connectivity index (χ0n) is 11.8. The van der Waals surface area contributed by atoms with Gasteiger partial charge in [-0.2, -0.15) is 0 Å². The molecule has 0 aliphatic rings. The summed E-state index contributed by atoms with van der Waals surface area (Å²) in [6.45, 7) is 3.88. The first kappa shape index (κ1) is 14.8. The Kier molecular flexibility index (Phi) is 4.37. The van der Waals surface area contributed by atoms with E-state index in [1.807, 2.05) is 0 Å². The fraction of sp³-hybridized carbons (Fsp3) is 0.200. The lowest BCUT2D eigenvalue weighted by Crippen LogP contribution is -2.13. The average Bonchev–Trinajstić information content (AvgIpc) is 2.41. The van der Waals surface area contributed by atoms with Gasteiger partial charge in [0.2, 0.25) is 0 Å². The van der Waals surface area contributed by atoms with E-state index in [0.717, 1.165) is 0 Å². The van der Waals surface area contributed by atoms with Gasteiger partial charge in [0.05, 0.1) is 6.61 Å². The normalized spacial score (nSPS) is 10.2. The third-order valence-electron chi connectivity index (χ3n) is 2.73. The summed E-state index contributed by atoms with van der Waals surface area (Å²) in [5.74, 6) is -0.492. The molecule has 3 N–H and O–H groups in total. The van der Waals surface area contributed by atoms with Crippen molar-refractivity contribution in [3.05, 3.63) is 47.4 Å². The molecule has 0 saturated heterocycles. The summed E-state index contributed by atoms with van der Waals surface area (Å²) < 4.78 is 18.8. The van der Waals surface area contributed by atoms with Gasteiger partial charge in [-0.3, -0.25) is 4.79 Å². The van der Waals surface area contributed by atoms with Gasteiger partial charge in [-0.05, 0) is 38.1 Å². The van der Waals surface area contributed by atoms with E-state index in [1.54, 1.807) is 26.0 Å². The molecule has 0 spiro atoms. The molecule has 1 aromatic heterocycles. The van der Waals surface area contributed by atoms with Crippen LogP contribution in [-0.4, -0.2) is 17.5 Å². The molecule has 5 nitrogen and oxygen atoms in total. The van der Waals surface area contributed by atoms with Crippen LogP contribution in [0.2, 0.25) is 0 Å². The topological polar surface area (TPSA) is 77.2 Å². The van der Waals surface area contributed by atoms with E-state index in [9.17, 15) is 9.18 Å². The van der Waals surface area contributed by atoms with Gasteiger partial charge in [0.1, 0.15) is 5.82 Å². The first-order valence-corrected chi connectivity index (χ1v) is 6.47. The number of benzene rings is 1. The molecule has 1 amide bonds. The number of halogens is 1. The summed E-state index contributed by atoms with van der Waals surface area (Å²) in [7, 11) is 0. The van der Waals surface area contributed by atoms with E-state index in [4.69, 9.17) is 10.5 Å². The quantitative estimate of drug-likeness (QED) is 0.907. The molecule has 1 heterocycles. The van der Waals surface area contributed by atoms with Crippen LogP contribution >= 0.6 is 0 Å². The lowest BCUT2D eigenvalue weighted by atomic mass is 10.2. The van der Waals surface area contributed by atoms with Crippen LogP contribution in [0.25, 0.3) is 0 Å². The maximum atomic E-state index is 13.7. The Labute approximate surface area is 121 Å². The van der Waals surface area contributed by atoms with Crippen molar-refractivity contribution in [3.63, 3.8) is 0 Å². The number of nitrogens with zero attached hydrogens (tertiary/aromatic N) is 1. The van der Waals surface area contributed by atoms with E-state index in [1.165, 1.54) is 18.2 Å². The Balaban J connectivity index is 2.17. The number of hydrogen-bond acceptors (Lipinski definition) is 4. The number of carbonyl (C=O) groups excluding carboxylic acids is 1. The summed E-state index contributed by atoms with van der Waals surface area (Å²) >= 11 is 0. The Morgan fingerprint density at radius 1 is 1.38 bits per heavy atom. The summed E-state index contributed by atoms with van der Waals surface area (Å²) in [6.07, 6.45) is 0. The Morgan fingerprint density at radius 2 is 2.14 bits per heavy atom. The molecule has 0 aliphatic carbocycles. The fourth-order valence-corrected chi connectivity index (χ4v) is 1.88. The van der Waals surface area contributed by atoms with Gasteiger partial charge in [0.15, 0.2) is 11.6 Å². The van der Waals surface area contributed by atoms with Gasteiger partial charge in [0, 0.05) is 23.0 Å². The van der Waals surface area contributed by atoms with Gasteiger partial charge in [-0.1, -0.05) is 0 Å². The van der Waals surface area contributed by atoms with Gasteiger partial charge in [-0.15, -0.1) is 0 Å². The van der Waals surface area contributed by atoms with E-state index in [0.29, 0.717) is 23.6 Å². The van der Waals surface area contributed by atoms with Crippen molar-refractivity contribution in [2.75, 3.05) is 17.7 Å². The minimum atomic E-state index is -0.528. The molecule has 110 valence electrons. The number of pyridine rings is 1. The number of aromatic nitrogens is 1. The van der Waals surface area contributed by atoms with E-state index < -0.39 is 5.82 Å². The maximum Gasteiger partial charge on any atom is 0.255 e. The standard InChI is InChI=1S/C15H16FN3O2/c1-3-21-13-5-4-11(8-12(13)16)19-15(20)10-6-9(2)18-14(17)7-10/h4-8H,3H2,1-2H3,(H2,17,18)(H,19,20). The number of nitrogens with one attached hydrogen (secondary N) is 1. The van der Waals surface area contributed by atoms with Crippen molar-refractivity contribution >= 4 is 17.4 Å². The van der Waals surface area contributed by atoms with E-state index in [2.05, 4.69) is 10.3 Å². The summed E-state index contributed by atoms with van der Waals surface area (Å²) in [4.78, 5) is 16.1. The summed E-state index contributed by atoms with van der Waals surface area (Å²) in [6, 6.07) is 7.33. The Morgan fingerprint density at radius 3 is 2.76 bits per heavy atom. The number of anilines is 2. The van der Waals surface area contributed by atoms with Crippen LogP contribution in [0.5, 0.6) is 5.75 Å². The fourth-order valence-electron chi connectivity index (χ4n) is 1.88. The summed E-state index contributed by atoms with van der Waals surface area (Å²) in [5.41, 5.74) is 6.95. The van der Waals surface area contributed by atoms with Crippen LogP contribution in [0.15, 0.2) is 30.3 Å². The molecule has 6 heteroatoms. The van der Waals surface area contributed by atoms with Crippen molar-refractivity contribution in [2.45, 2.75) is 13.8 Å². The number of amides is 1. The molecule has 0 bridgehead atoms. The van der Waals surface area contributed by atoms with Gasteiger partial charge in [-0.25, -0.2) is 9.37 Å². The first-order valence-electron chi connectivity index (χ1n) is 6.47. The lowest BCUT2D eigenvalue weighted by Gasteiger charge is -2.09. The predicted octanol–water partition coefficient (Wildman–Crippen LogP) is 2.76. The molecule has 0 atom stereocenters. The second-order valence-electron chi connectivity index (χ2n) is 4.45. The number of nitrogen functional groups attached to an aromatic ring is 1. The van der Waals surface area contributed by atoms with Crippen molar-refractivity contribution in [3.8, 4) is 5.75 Å². The minimum Gasteiger partial charge on any atom is -0.491 e. The van der Waals surface area contributed by atoms with Crippen LogP contribution in [0.4, 0.5) is 15.9 Å². The van der Waals surface area contributed by atoms with Crippen molar-refractivity contribution in [1.29, 1.82) is 0 Å². The lowest BCUT2D eigenvalue weighted by molar-refractivity contribution is 0.102. The molecule has 0 radical (unpaired) electrons. The third kappa shape index (κ3) is 3.68. The molecule has 0 aliphatic heterocycles. The summed E-state index contributed by atoms with van der Waals surface area (Å²) in [5, 5.41) is 2.60. The van der Waals surface area contributed by atoms with Crippen LogP contribution in [-0.2, 0) is 0 Å². The molecule has 0 fully saturated rings. The van der Waals surface area contributed by atoms with Crippen LogP contribution in [0.1, 0.15) is 23.0 Å². The molecule has 0 unspecified atom stereocenters. The maximum absolute atomic E-state index is 13.7. The highest BCUT2D eigenvalue weighted by molar-refractivity contribution is 6.04. The highest BCUT2D eigenvalue weighted by atomic mass is 19.1. The number of rotatable bonds is 4. The van der Waals surface area contributed by atoms with Crippen molar-refractivity contribution < 1.29 is 13.9 Å². The Hall–Kier alpha value is -2.63. The minimum absolute atomic E-state index is 0.152. The molecule has 21 heavy (non-hydrogen) atoms. The SMILES string of the molecule is CCOc1ccc(NC(=O)c2cc(C)nc(N)c2)cc1F. The zero-order valence-corrected chi connectivity index (χ0v) is 11.8. The largest absolute Gasteiger partial charge is 0.491 e. The molecule has 0 saturated carbocycles. The molecular formula is C15H16FN3O2. The smallest absolute Gasteiger partial charge is 0.255 e. The third-order valence-corrected chi connectivity index (χ3v) is 2.73. The van der Waals surface area contributed by atoms with Crippen LogP contribution < -0.4 is 15.8 Å². The molecule has 2 rings (SSSR count). The Bertz CT molecular complexity index is 654. The van der Waals surface area contributed by atoms with E-state index >= 15 is 0 Å². The second-order valence-corrected chi connectivity index (χ2v) is 4.45. The van der Waals surface area contributed by atoms with Gasteiger partial charge >= 0.3 is 0 Å². The molecule has 1 aromatic carbocycles. The zero-order chi connectivity index (χ0) is 15.4. The van der Waals surface area contributed by atoms with Crippen LogP contribution in [0.3, 0.4) is 0 Å². The molecular weight excluding hydrogens is 273 g/mol. The monoisotopic (exact) mass is 289 g/mol. The number of ether oxygens (including phenoxy) is 1. The van der Waals surface area contributed by atoms with Crippen molar-refractivity contribution in [2.24, 2.45) is 0 Å². The van der Waals surface area contributed by atoms with Crippen molar-refractivity contribution in [1.82, 2.24) is 4.98 Å². The number of nitrogens with two attached hydrogens (primary N) is 1. The number of carbonyl (C=O) groups is 1. The predicted molar refractivity (Wildman–Crippen MR) is 78.9 cm³/mol. The highest BCUT2D eigenvalue weighted by Gasteiger charge is 2.10. The number of aryl methyl sites for hydroxylation is 1. The van der Waals surface area contributed by atoms with Crippen LogP contribution in [0, 0.1) is 12.7 Å². The first-order chi connectivity index (χ1) is 9.99. The van der Waals surface area contributed by atoms with E-state index in [-0.39, 0.29) is 17.5 Å². The second kappa shape index (κ2) is 6.21.